The Hall–Kier alpha value is -2.12. The van der Waals surface area contributed by atoms with Gasteiger partial charge < -0.3 is 4.74 Å². The third-order valence-corrected chi connectivity index (χ3v) is 3.96. The van der Waals surface area contributed by atoms with Gasteiger partial charge in [0.2, 0.25) is 5.28 Å². The van der Waals surface area contributed by atoms with Crippen LogP contribution in [0.2, 0.25) is 10.3 Å². The second-order valence-corrected chi connectivity index (χ2v) is 5.97. The fourth-order valence-electron chi connectivity index (χ4n) is 2.12. The highest BCUT2D eigenvalue weighted by Crippen LogP contribution is 2.11. The van der Waals surface area contributed by atoms with Crippen LogP contribution in [0.1, 0.15) is 12.5 Å². The van der Waals surface area contributed by atoms with Gasteiger partial charge in [-0.3, -0.25) is 9.36 Å². The molecule has 0 saturated heterocycles. The molecule has 24 heavy (non-hydrogen) atoms. The summed E-state index contributed by atoms with van der Waals surface area (Å²) in [5, 5.41) is 0.342. The van der Waals surface area contributed by atoms with E-state index in [1.54, 1.807) is 31.2 Å². The van der Waals surface area contributed by atoms with Crippen LogP contribution in [0.5, 0.6) is 0 Å². The van der Waals surface area contributed by atoms with Crippen molar-refractivity contribution < 1.29 is 9.53 Å². The Morgan fingerprint density at radius 1 is 1.21 bits per heavy atom. The summed E-state index contributed by atoms with van der Waals surface area (Å²) in [7, 11) is 1.24. The van der Waals surface area contributed by atoms with Gasteiger partial charge in [-0.25, -0.2) is 14.2 Å². The lowest BCUT2D eigenvalue weighted by Crippen LogP contribution is -2.44. The molecule has 1 atom stereocenters. The van der Waals surface area contributed by atoms with Crippen molar-refractivity contribution in [3.05, 3.63) is 61.1 Å². The molecule has 9 heteroatoms. The number of carbonyl (C=O) groups is 1. The molecular formula is C15H15Cl2N3O4. The highest BCUT2D eigenvalue weighted by Gasteiger charge is 2.19. The van der Waals surface area contributed by atoms with Crippen LogP contribution in [0, 0.1) is 5.92 Å². The number of methoxy groups -OCH3 is 1. The zero-order valence-electron chi connectivity index (χ0n) is 13.0. The predicted octanol–water partition coefficient (Wildman–Crippen LogP) is 1.57. The van der Waals surface area contributed by atoms with Gasteiger partial charge in [-0.2, -0.15) is 4.98 Å². The summed E-state index contributed by atoms with van der Waals surface area (Å²) in [5.41, 5.74) is -0.699. The van der Waals surface area contributed by atoms with Crippen molar-refractivity contribution in [3.63, 3.8) is 0 Å². The van der Waals surface area contributed by atoms with Crippen molar-refractivity contribution >= 4 is 29.2 Å². The molecule has 0 spiro atoms. The summed E-state index contributed by atoms with van der Waals surface area (Å²) in [5.74, 6) is -1.20. The molecule has 1 aromatic carbocycles. The first-order valence-electron chi connectivity index (χ1n) is 7.03. The zero-order valence-corrected chi connectivity index (χ0v) is 14.5. The third kappa shape index (κ3) is 4.04. The Morgan fingerprint density at radius 2 is 1.83 bits per heavy atom. The summed E-state index contributed by atoms with van der Waals surface area (Å²) in [6.45, 7) is 1.53. The van der Waals surface area contributed by atoms with Gasteiger partial charge in [0.15, 0.2) is 0 Å². The van der Waals surface area contributed by atoms with E-state index >= 15 is 0 Å². The minimum atomic E-state index is -0.812. The molecule has 0 aliphatic heterocycles. The number of carbonyl (C=O) groups excluding carboxylic acids is 1. The van der Waals surface area contributed by atoms with Crippen LogP contribution in [-0.4, -0.2) is 27.2 Å². The lowest BCUT2D eigenvalue weighted by molar-refractivity contribution is -0.145. The van der Waals surface area contributed by atoms with E-state index in [1.807, 2.05) is 0 Å². The Balaban J connectivity index is 2.40. The molecule has 0 aliphatic carbocycles. The van der Waals surface area contributed by atoms with Gasteiger partial charge in [0, 0.05) is 11.6 Å². The average Bonchev–Trinajstić information content (AvgIpc) is 2.56. The Kier molecular flexibility index (Phi) is 5.80. The predicted molar refractivity (Wildman–Crippen MR) is 89.5 cm³/mol. The molecule has 0 bridgehead atoms. The standard InChI is InChI=1S/C15H15Cl2N3O4/c1-9(12(21)24-2)7-20-14(22)18-13(17)19(15(20)23)8-10-3-5-11(16)6-4-10/h3-6,9H,7-8H2,1-2H3/t9-/m0/s1. The van der Waals surface area contributed by atoms with Crippen LogP contribution in [0.15, 0.2) is 33.9 Å². The maximum Gasteiger partial charge on any atom is 0.354 e. The lowest BCUT2D eigenvalue weighted by atomic mass is 10.2. The molecule has 0 N–H and O–H groups in total. The van der Waals surface area contributed by atoms with Gasteiger partial charge in [-0.05, 0) is 29.3 Å². The summed E-state index contributed by atoms with van der Waals surface area (Å²) in [6.07, 6.45) is 0. The van der Waals surface area contributed by atoms with Crippen LogP contribution in [-0.2, 0) is 22.6 Å². The van der Waals surface area contributed by atoms with Crippen LogP contribution in [0.25, 0.3) is 0 Å². The van der Waals surface area contributed by atoms with Crippen LogP contribution < -0.4 is 11.4 Å². The average molecular weight is 372 g/mol. The first-order valence-corrected chi connectivity index (χ1v) is 7.78. The first kappa shape index (κ1) is 18.2. The second-order valence-electron chi connectivity index (χ2n) is 5.19. The second kappa shape index (κ2) is 7.63. The number of benzene rings is 1. The van der Waals surface area contributed by atoms with Crippen molar-refractivity contribution in [2.75, 3.05) is 7.11 Å². The maximum absolute atomic E-state index is 12.6. The molecule has 1 aromatic heterocycles. The molecule has 128 valence electrons. The van der Waals surface area contributed by atoms with Crippen molar-refractivity contribution in [2.45, 2.75) is 20.0 Å². The summed E-state index contributed by atoms with van der Waals surface area (Å²) in [6, 6.07) is 6.83. The quantitative estimate of drug-likeness (QED) is 0.744. The largest absolute Gasteiger partial charge is 0.469 e. The van der Waals surface area contributed by atoms with Gasteiger partial charge >= 0.3 is 17.3 Å². The number of rotatable bonds is 5. The van der Waals surface area contributed by atoms with Crippen LogP contribution in [0.3, 0.4) is 0 Å². The van der Waals surface area contributed by atoms with E-state index in [0.29, 0.717) is 5.02 Å². The number of ether oxygens (including phenoxy) is 1. The van der Waals surface area contributed by atoms with Crippen molar-refractivity contribution in [3.8, 4) is 0 Å². The smallest absolute Gasteiger partial charge is 0.354 e. The van der Waals surface area contributed by atoms with Crippen molar-refractivity contribution in [1.29, 1.82) is 0 Å². The number of esters is 1. The van der Waals surface area contributed by atoms with Gasteiger partial charge in [0.1, 0.15) is 0 Å². The molecule has 0 aliphatic rings. The van der Waals surface area contributed by atoms with Gasteiger partial charge in [-0.1, -0.05) is 30.7 Å². The Bertz CT molecular complexity index is 859. The first-order chi connectivity index (χ1) is 11.3. The van der Waals surface area contributed by atoms with E-state index in [-0.39, 0.29) is 18.4 Å². The molecule has 0 amide bonds. The van der Waals surface area contributed by atoms with Crippen LogP contribution in [0.4, 0.5) is 0 Å². The molecule has 0 fully saturated rings. The minimum absolute atomic E-state index is 0.120. The highest BCUT2D eigenvalue weighted by atomic mass is 35.5. The van der Waals surface area contributed by atoms with E-state index in [4.69, 9.17) is 23.2 Å². The molecule has 2 aromatic rings. The number of hydrogen-bond donors (Lipinski definition) is 0. The zero-order chi connectivity index (χ0) is 17.9. The minimum Gasteiger partial charge on any atom is -0.469 e. The van der Waals surface area contributed by atoms with Gasteiger partial charge in [-0.15, -0.1) is 0 Å². The van der Waals surface area contributed by atoms with E-state index < -0.39 is 23.3 Å². The van der Waals surface area contributed by atoms with E-state index in [1.165, 1.54) is 7.11 Å². The molecular weight excluding hydrogens is 357 g/mol. The van der Waals surface area contributed by atoms with Crippen LogP contribution >= 0.6 is 23.2 Å². The van der Waals surface area contributed by atoms with E-state index in [9.17, 15) is 14.4 Å². The number of nitrogens with zero attached hydrogens (tertiary/aromatic N) is 3. The van der Waals surface area contributed by atoms with Gasteiger partial charge in [0.05, 0.1) is 19.6 Å². The SMILES string of the molecule is COC(=O)[C@@H](C)Cn1c(=O)nc(Cl)n(Cc2ccc(Cl)cc2)c1=O. The van der Waals surface area contributed by atoms with Crippen molar-refractivity contribution in [1.82, 2.24) is 14.1 Å². The molecule has 0 radical (unpaired) electrons. The Labute approximate surface area is 147 Å². The normalized spacial score (nSPS) is 12.0. The third-order valence-electron chi connectivity index (χ3n) is 3.42. The summed E-state index contributed by atoms with van der Waals surface area (Å²) >= 11 is 11.8. The monoisotopic (exact) mass is 371 g/mol. The fraction of sp³-hybridized carbons (Fsp3) is 0.333. The lowest BCUT2D eigenvalue weighted by Gasteiger charge is -2.13. The summed E-state index contributed by atoms with van der Waals surface area (Å²) in [4.78, 5) is 39.6. The van der Waals surface area contributed by atoms with Crippen molar-refractivity contribution in [2.24, 2.45) is 5.92 Å². The Morgan fingerprint density at radius 3 is 2.42 bits per heavy atom. The molecule has 2 rings (SSSR count). The maximum atomic E-state index is 12.6. The number of hydrogen-bond acceptors (Lipinski definition) is 5. The van der Waals surface area contributed by atoms with E-state index in [2.05, 4.69) is 9.72 Å². The fourth-order valence-corrected chi connectivity index (χ4v) is 2.45. The topological polar surface area (TPSA) is 83.2 Å². The highest BCUT2D eigenvalue weighted by molar-refractivity contribution is 6.30. The summed E-state index contributed by atoms with van der Waals surface area (Å²) < 4.78 is 6.62. The van der Waals surface area contributed by atoms with E-state index in [0.717, 1.165) is 14.7 Å². The molecule has 0 saturated carbocycles. The van der Waals surface area contributed by atoms with Gasteiger partial charge in [0.25, 0.3) is 0 Å². The molecule has 0 unspecified atom stereocenters. The molecule has 7 nitrogen and oxygen atoms in total. The molecule has 1 heterocycles. The number of aromatic nitrogens is 3. The number of halogens is 2.